The molecule has 4 nitrogen and oxygen atoms in total. The van der Waals surface area contributed by atoms with E-state index in [0.29, 0.717) is 11.5 Å². The Morgan fingerprint density at radius 2 is 2.12 bits per heavy atom. The molecule has 24 heavy (non-hydrogen) atoms. The fourth-order valence-corrected chi connectivity index (χ4v) is 4.69. The van der Waals surface area contributed by atoms with Gasteiger partial charge in [-0.25, -0.2) is 4.98 Å². The topological polar surface area (TPSA) is 52.0 Å². The van der Waals surface area contributed by atoms with Crippen molar-refractivity contribution in [3.05, 3.63) is 63.0 Å². The number of rotatable bonds is 3. The number of thiophene rings is 1. The molecule has 122 valence electrons. The lowest BCUT2D eigenvalue weighted by Crippen LogP contribution is -2.25. The maximum atomic E-state index is 12.9. The molecule has 0 unspecified atom stereocenters. The number of benzene rings is 1. The van der Waals surface area contributed by atoms with Gasteiger partial charge in [-0.3, -0.25) is 14.2 Å². The van der Waals surface area contributed by atoms with E-state index in [1.54, 1.807) is 23.5 Å². The number of fused-ring (bicyclic) bond motifs is 3. The van der Waals surface area contributed by atoms with Crippen LogP contribution in [0.3, 0.4) is 0 Å². The Hall–Kier alpha value is -2.27. The zero-order chi connectivity index (χ0) is 16.7. The van der Waals surface area contributed by atoms with Crippen LogP contribution in [0.4, 0.5) is 0 Å². The molecule has 0 amide bonds. The number of hydrogen-bond donors (Lipinski definition) is 0. The van der Waals surface area contributed by atoms with E-state index < -0.39 is 0 Å². The van der Waals surface area contributed by atoms with Crippen LogP contribution in [0.5, 0.6) is 0 Å². The average molecular weight is 338 g/mol. The van der Waals surface area contributed by atoms with E-state index in [4.69, 9.17) is 0 Å². The number of aromatic nitrogens is 2. The van der Waals surface area contributed by atoms with Crippen molar-refractivity contribution < 1.29 is 4.79 Å². The number of nitrogens with zero attached hydrogens (tertiary/aromatic N) is 2. The van der Waals surface area contributed by atoms with Crippen molar-refractivity contribution in [2.24, 2.45) is 5.92 Å². The zero-order valence-electron chi connectivity index (χ0n) is 13.5. The molecule has 3 aromatic rings. The second kappa shape index (κ2) is 5.98. The summed E-state index contributed by atoms with van der Waals surface area (Å²) in [7, 11) is 0. The molecule has 0 aliphatic heterocycles. The second-order valence-electron chi connectivity index (χ2n) is 6.50. The summed E-state index contributed by atoms with van der Waals surface area (Å²) in [6.07, 6.45) is 4.58. The molecule has 0 saturated carbocycles. The Morgan fingerprint density at radius 3 is 2.92 bits per heavy atom. The van der Waals surface area contributed by atoms with E-state index in [1.165, 1.54) is 15.8 Å². The maximum Gasteiger partial charge on any atom is 0.262 e. The molecule has 2 aromatic heterocycles. The van der Waals surface area contributed by atoms with Crippen LogP contribution in [0.1, 0.15) is 34.1 Å². The predicted molar refractivity (Wildman–Crippen MR) is 95.8 cm³/mol. The molecule has 1 atom stereocenters. The Balaban J connectivity index is 1.74. The molecule has 0 fully saturated rings. The summed E-state index contributed by atoms with van der Waals surface area (Å²) in [5.41, 5.74) is 1.69. The smallest absolute Gasteiger partial charge is 0.262 e. The minimum Gasteiger partial charge on any atom is -0.292 e. The molecule has 0 saturated heterocycles. The largest absolute Gasteiger partial charge is 0.292 e. The van der Waals surface area contributed by atoms with Gasteiger partial charge in [-0.1, -0.05) is 37.3 Å². The van der Waals surface area contributed by atoms with E-state index in [1.807, 2.05) is 18.2 Å². The van der Waals surface area contributed by atoms with Crippen LogP contribution in [-0.4, -0.2) is 15.3 Å². The van der Waals surface area contributed by atoms with Gasteiger partial charge < -0.3 is 0 Å². The van der Waals surface area contributed by atoms with E-state index in [2.05, 4.69) is 11.9 Å². The fourth-order valence-electron chi connectivity index (χ4n) is 3.35. The first kappa shape index (κ1) is 15.3. The molecule has 0 spiro atoms. The van der Waals surface area contributed by atoms with Gasteiger partial charge in [0.1, 0.15) is 4.83 Å². The molecule has 0 radical (unpaired) electrons. The summed E-state index contributed by atoms with van der Waals surface area (Å²) in [5.74, 6) is 0.587. The average Bonchev–Trinajstić information content (AvgIpc) is 2.96. The molecule has 2 heterocycles. The molecular formula is C19H18N2O2S. The standard InChI is InChI=1S/C19H18N2O2S/c1-12-7-8-14-16(9-12)24-18-17(14)19(23)21(11-20-18)10-15(22)13-5-3-2-4-6-13/h2-6,11-12H,7-10H2,1H3/t12-/m0/s1. The number of ketones is 1. The molecule has 0 bridgehead atoms. The van der Waals surface area contributed by atoms with Gasteiger partial charge in [-0.15, -0.1) is 11.3 Å². The van der Waals surface area contributed by atoms with Crippen LogP contribution in [0.25, 0.3) is 10.2 Å². The fraction of sp³-hybridized carbons (Fsp3) is 0.316. The third-order valence-electron chi connectivity index (χ3n) is 4.69. The summed E-state index contributed by atoms with van der Waals surface area (Å²) in [5, 5.41) is 0.727. The molecule has 5 heteroatoms. The van der Waals surface area contributed by atoms with Gasteiger partial charge in [0.05, 0.1) is 18.3 Å². The van der Waals surface area contributed by atoms with Gasteiger partial charge in [-0.2, -0.15) is 0 Å². The first-order chi connectivity index (χ1) is 11.6. The summed E-state index contributed by atoms with van der Waals surface area (Å²) >= 11 is 1.63. The third-order valence-corrected chi connectivity index (χ3v) is 5.85. The highest BCUT2D eigenvalue weighted by Gasteiger charge is 2.23. The van der Waals surface area contributed by atoms with Crippen LogP contribution in [0.2, 0.25) is 0 Å². The lowest BCUT2D eigenvalue weighted by atomic mass is 9.89. The van der Waals surface area contributed by atoms with Crippen LogP contribution >= 0.6 is 11.3 Å². The second-order valence-corrected chi connectivity index (χ2v) is 7.58. The van der Waals surface area contributed by atoms with Crippen LogP contribution < -0.4 is 5.56 Å². The lowest BCUT2D eigenvalue weighted by molar-refractivity contribution is 0.0970. The Morgan fingerprint density at radius 1 is 1.33 bits per heavy atom. The minimum absolute atomic E-state index is 0.0345. The van der Waals surface area contributed by atoms with E-state index in [9.17, 15) is 9.59 Å². The summed E-state index contributed by atoms with van der Waals surface area (Å²) in [4.78, 5) is 31.8. The van der Waals surface area contributed by atoms with E-state index >= 15 is 0 Å². The normalized spacial score (nSPS) is 17.0. The first-order valence-corrected chi connectivity index (χ1v) is 9.03. The monoisotopic (exact) mass is 338 g/mol. The maximum absolute atomic E-state index is 12.9. The molecule has 4 rings (SSSR count). The Bertz CT molecular complexity index is 972. The van der Waals surface area contributed by atoms with Crippen LogP contribution in [0.15, 0.2) is 41.5 Å². The van der Waals surface area contributed by atoms with Gasteiger partial charge in [0.2, 0.25) is 0 Å². The van der Waals surface area contributed by atoms with Gasteiger partial charge in [0.15, 0.2) is 5.78 Å². The number of carbonyl (C=O) groups excluding carboxylic acids is 1. The van der Waals surface area contributed by atoms with Crippen molar-refractivity contribution in [3.8, 4) is 0 Å². The summed E-state index contributed by atoms with van der Waals surface area (Å²) in [6.45, 7) is 2.28. The highest BCUT2D eigenvalue weighted by molar-refractivity contribution is 7.18. The van der Waals surface area contributed by atoms with Crippen LogP contribution in [0, 0.1) is 5.92 Å². The number of aryl methyl sites for hydroxylation is 1. The van der Waals surface area contributed by atoms with Crippen molar-refractivity contribution in [2.75, 3.05) is 0 Å². The highest BCUT2D eigenvalue weighted by Crippen LogP contribution is 2.35. The van der Waals surface area contributed by atoms with Crippen molar-refractivity contribution >= 4 is 27.3 Å². The predicted octanol–water partition coefficient (Wildman–Crippen LogP) is 3.47. The summed E-state index contributed by atoms with van der Waals surface area (Å²) in [6, 6.07) is 9.07. The molecule has 0 N–H and O–H groups in total. The van der Waals surface area contributed by atoms with Gasteiger partial charge >= 0.3 is 0 Å². The SMILES string of the molecule is C[C@H]1CCc2c(sc3ncn(CC(=O)c4ccccc4)c(=O)c23)C1. The van der Waals surface area contributed by atoms with Crippen molar-refractivity contribution in [2.45, 2.75) is 32.7 Å². The molecule has 1 aromatic carbocycles. The molecule has 1 aliphatic rings. The first-order valence-electron chi connectivity index (χ1n) is 8.21. The Kier molecular flexibility index (Phi) is 3.81. The van der Waals surface area contributed by atoms with Crippen molar-refractivity contribution in [1.29, 1.82) is 0 Å². The van der Waals surface area contributed by atoms with Crippen LogP contribution in [-0.2, 0) is 19.4 Å². The number of Topliss-reactive ketones (excluding diaryl/α,β-unsaturated/α-hetero) is 1. The molecular weight excluding hydrogens is 320 g/mol. The zero-order valence-corrected chi connectivity index (χ0v) is 14.3. The van der Waals surface area contributed by atoms with Gasteiger partial charge in [0.25, 0.3) is 5.56 Å². The van der Waals surface area contributed by atoms with E-state index in [0.717, 1.165) is 35.0 Å². The number of hydrogen-bond acceptors (Lipinski definition) is 4. The van der Waals surface area contributed by atoms with Gasteiger partial charge in [0, 0.05) is 10.4 Å². The van der Waals surface area contributed by atoms with Crippen molar-refractivity contribution in [3.63, 3.8) is 0 Å². The highest BCUT2D eigenvalue weighted by atomic mass is 32.1. The van der Waals surface area contributed by atoms with Crippen molar-refractivity contribution in [1.82, 2.24) is 9.55 Å². The third kappa shape index (κ3) is 2.59. The minimum atomic E-state index is -0.0867. The van der Waals surface area contributed by atoms with E-state index in [-0.39, 0.29) is 17.9 Å². The van der Waals surface area contributed by atoms with Gasteiger partial charge in [-0.05, 0) is 30.7 Å². The number of carbonyl (C=O) groups is 1. The lowest BCUT2D eigenvalue weighted by Gasteiger charge is -2.17. The summed E-state index contributed by atoms with van der Waals surface area (Å²) < 4.78 is 1.45. The Labute approximate surface area is 143 Å². The molecule has 1 aliphatic carbocycles. The quantitative estimate of drug-likeness (QED) is 0.687.